The van der Waals surface area contributed by atoms with Crippen molar-refractivity contribution >= 4 is 8.60 Å². The summed E-state index contributed by atoms with van der Waals surface area (Å²) in [4.78, 5) is 21.7. The van der Waals surface area contributed by atoms with Crippen LogP contribution in [0.5, 0.6) is 0 Å². The number of nitrogens with one attached hydrogen (secondary N) is 3. The molecule has 0 aromatic carbocycles. The van der Waals surface area contributed by atoms with Crippen LogP contribution in [-0.2, 0) is 0 Å². The van der Waals surface area contributed by atoms with Crippen molar-refractivity contribution in [2.24, 2.45) is 0 Å². The molecule has 0 atom stereocenters. The predicted octanol–water partition coefficient (Wildman–Crippen LogP) is 4.04. The molecule has 0 aliphatic carbocycles. The van der Waals surface area contributed by atoms with Crippen LogP contribution in [0.15, 0.2) is 0 Å². The highest BCUT2D eigenvalue weighted by molar-refractivity contribution is 7.38. The number of halogens is 18. The Labute approximate surface area is 157 Å². The summed E-state index contributed by atoms with van der Waals surface area (Å²) in [5.74, 6) is 0. The molecule has 25 heteroatoms. The Morgan fingerprint density at radius 2 is 0.387 bits per heavy atom. The Morgan fingerprint density at radius 3 is 0.387 bits per heavy atom. The van der Waals surface area contributed by atoms with Crippen molar-refractivity contribution in [1.82, 2.24) is 16.0 Å². The second-order valence-electron chi connectivity index (χ2n) is 3.63. The summed E-state index contributed by atoms with van der Waals surface area (Å²) in [6.07, 6.45) is -32.3. The molecule has 0 fully saturated rings. The van der Waals surface area contributed by atoms with Crippen LogP contribution in [0.1, 0.15) is 0 Å². The van der Waals surface area contributed by atoms with Gasteiger partial charge in [0.2, 0.25) is 0 Å². The topological polar surface area (TPSA) is 96.8 Å². The fourth-order valence-corrected chi connectivity index (χ4v) is 0.482. The molecule has 0 aliphatic heterocycles. The number of alkyl halides is 18. The highest BCUT2D eigenvalue weighted by Crippen LogP contribution is 2.21. The molecular formula is C6H6F18N3O3P. The third-order valence-corrected chi connectivity index (χ3v) is 0.850. The van der Waals surface area contributed by atoms with Gasteiger partial charge >= 0.3 is 46.4 Å². The van der Waals surface area contributed by atoms with Gasteiger partial charge in [0.1, 0.15) is 0 Å². The quantitative estimate of drug-likeness (QED) is 0.158. The van der Waals surface area contributed by atoms with Crippen molar-refractivity contribution in [2.75, 3.05) is 0 Å². The van der Waals surface area contributed by atoms with E-state index < -0.39 is 62.4 Å². The standard InChI is InChI=1S/3C2HF6N.H3O3P/c3*3-1(4,5)9-2(6,7)8;1-4(2)3/h3*9H;1-3H. The first-order valence-electron chi connectivity index (χ1n) is 5.50. The first-order valence-corrected chi connectivity index (χ1v) is 6.70. The van der Waals surface area contributed by atoms with Gasteiger partial charge in [0.05, 0.1) is 0 Å². The van der Waals surface area contributed by atoms with Gasteiger partial charge in [-0.2, -0.15) is 79.0 Å². The zero-order chi connectivity index (χ0) is 26.7. The van der Waals surface area contributed by atoms with E-state index in [2.05, 4.69) is 0 Å². The highest BCUT2D eigenvalue weighted by atomic mass is 31.2. The Kier molecular flexibility index (Phi) is 16.2. The number of hydrogen-bond acceptors (Lipinski definition) is 6. The molecule has 6 N–H and O–H groups in total. The second-order valence-corrected chi connectivity index (χ2v) is 4.17. The van der Waals surface area contributed by atoms with Crippen LogP contribution in [0.3, 0.4) is 0 Å². The van der Waals surface area contributed by atoms with E-state index in [0.29, 0.717) is 0 Å². The van der Waals surface area contributed by atoms with Crippen molar-refractivity contribution in [1.29, 1.82) is 0 Å². The molecule has 0 bridgehead atoms. The average Bonchev–Trinajstić information content (AvgIpc) is 2.10. The summed E-state index contributed by atoms with van der Waals surface area (Å²) < 4.78 is 193. The van der Waals surface area contributed by atoms with Crippen LogP contribution >= 0.6 is 8.60 Å². The van der Waals surface area contributed by atoms with Gasteiger partial charge in [0, 0.05) is 0 Å². The monoisotopic (exact) mass is 541 g/mol. The third kappa shape index (κ3) is 73.2. The van der Waals surface area contributed by atoms with Crippen molar-refractivity contribution in [3.8, 4) is 0 Å². The van der Waals surface area contributed by atoms with E-state index in [1.807, 2.05) is 0 Å². The summed E-state index contributed by atoms with van der Waals surface area (Å²) >= 11 is 0. The van der Waals surface area contributed by atoms with Crippen LogP contribution < -0.4 is 16.0 Å². The molecule has 0 aromatic heterocycles. The summed E-state index contributed by atoms with van der Waals surface area (Å²) in [6, 6.07) is 0. The van der Waals surface area contributed by atoms with E-state index in [0.717, 1.165) is 0 Å². The predicted molar refractivity (Wildman–Crippen MR) is 59.3 cm³/mol. The minimum absolute atomic E-state index is 0.542. The molecule has 0 saturated carbocycles. The van der Waals surface area contributed by atoms with Crippen molar-refractivity contribution < 1.29 is 93.7 Å². The minimum atomic E-state index is -5.39. The SMILES string of the molecule is FC(F)(F)NC(F)(F)F.FC(F)(F)NC(F)(F)F.FC(F)(F)NC(F)(F)F.OP(O)O. The normalized spacial score (nSPS) is 13.4. The molecular weight excluding hydrogens is 535 g/mol. The van der Waals surface area contributed by atoms with E-state index in [-0.39, 0.29) is 0 Å². The van der Waals surface area contributed by atoms with Crippen LogP contribution in [0.25, 0.3) is 0 Å². The lowest BCUT2D eigenvalue weighted by atomic mass is 11.0. The van der Waals surface area contributed by atoms with Gasteiger partial charge in [-0.15, -0.1) is 16.0 Å². The van der Waals surface area contributed by atoms with Crippen molar-refractivity contribution in [2.45, 2.75) is 37.8 Å². The van der Waals surface area contributed by atoms with Gasteiger partial charge < -0.3 is 14.7 Å². The van der Waals surface area contributed by atoms with E-state index in [9.17, 15) is 79.0 Å². The van der Waals surface area contributed by atoms with Gasteiger partial charge in [-0.25, -0.2) is 0 Å². The summed E-state index contributed by atoms with van der Waals surface area (Å²) in [5.41, 5.74) is 0. The Morgan fingerprint density at radius 1 is 0.323 bits per heavy atom. The van der Waals surface area contributed by atoms with Crippen molar-refractivity contribution in [3.63, 3.8) is 0 Å². The van der Waals surface area contributed by atoms with Crippen LogP contribution in [-0.4, -0.2) is 52.5 Å². The Hall–Kier alpha value is -1.07. The molecule has 0 unspecified atom stereocenters. The molecule has 0 amide bonds. The Bertz CT molecular complexity index is 347. The number of rotatable bonds is 0. The molecule has 0 rings (SSSR count). The van der Waals surface area contributed by atoms with E-state index in [1.165, 1.54) is 0 Å². The summed E-state index contributed by atoms with van der Waals surface area (Å²) in [7, 11) is -2.62. The maximum Gasteiger partial charge on any atom is 0.464 e. The fourth-order valence-electron chi connectivity index (χ4n) is 0.482. The summed E-state index contributed by atoms with van der Waals surface area (Å²) in [5, 5.41) is -1.63. The third-order valence-electron chi connectivity index (χ3n) is 0.850. The maximum absolute atomic E-state index is 10.7. The molecule has 31 heavy (non-hydrogen) atoms. The minimum Gasteiger partial charge on any atom is -0.328 e. The van der Waals surface area contributed by atoms with E-state index in [1.54, 1.807) is 0 Å². The molecule has 0 aromatic rings. The van der Waals surface area contributed by atoms with Gasteiger partial charge in [0.25, 0.3) is 0 Å². The summed E-state index contributed by atoms with van der Waals surface area (Å²) in [6.45, 7) is 0. The maximum atomic E-state index is 10.7. The van der Waals surface area contributed by atoms with E-state index in [4.69, 9.17) is 14.7 Å². The molecule has 6 nitrogen and oxygen atoms in total. The van der Waals surface area contributed by atoms with Gasteiger partial charge in [-0.05, 0) is 0 Å². The van der Waals surface area contributed by atoms with Crippen molar-refractivity contribution in [3.05, 3.63) is 0 Å². The molecule has 0 radical (unpaired) electrons. The lowest BCUT2D eigenvalue weighted by molar-refractivity contribution is -0.267. The first kappa shape index (κ1) is 37.3. The molecule has 0 aliphatic rings. The van der Waals surface area contributed by atoms with E-state index >= 15 is 0 Å². The van der Waals surface area contributed by atoms with Gasteiger partial charge in [-0.3, -0.25) is 0 Å². The lowest BCUT2D eigenvalue weighted by Gasteiger charge is -2.10. The van der Waals surface area contributed by atoms with Crippen LogP contribution in [0, 0.1) is 0 Å². The molecule has 0 heterocycles. The zero-order valence-electron chi connectivity index (χ0n) is 13.1. The second kappa shape index (κ2) is 13.5. The highest BCUT2D eigenvalue weighted by Gasteiger charge is 2.43. The fraction of sp³-hybridized carbons (Fsp3) is 1.00. The Balaban J connectivity index is -0.000000162. The largest absolute Gasteiger partial charge is 0.464 e. The molecule has 0 spiro atoms. The van der Waals surface area contributed by atoms with Gasteiger partial charge in [0.15, 0.2) is 0 Å². The van der Waals surface area contributed by atoms with Crippen LogP contribution in [0.4, 0.5) is 79.0 Å². The lowest BCUT2D eigenvalue weighted by Crippen LogP contribution is -2.42. The molecule has 0 saturated heterocycles. The first-order chi connectivity index (χ1) is 12.9. The van der Waals surface area contributed by atoms with Crippen LogP contribution in [0.2, 0.25) is 0 Å². The average molecular weight is 541 g/mol. The smallest absolute Gasteiger partial charge is 0.328 e. The van der Waals surface area contributed by atoms with Gasteiger partial charge in [-0.1, -0.05) is 0 Å². The molecule has 194 valence electrons. The zero-order valence-corrected chi connectivity index (χ0v) is 14.0. The number of hydrogen-bond donors (Lipinski definition) is 6.